The molecule has 4 heteroatoms. The van der Waals surface area contributed by atoms with Crippen LogP contribution >= 0.6 is 0 Å². The number of unbranched alkanes of at least 4 members (excludes halogenated alkanes) is 1. The molecule has 20 heavy (non-hydrogen) atoms. The summed E-state index contributed by atoms with van der Waals surface area (Å²) in [5, 5.41) is 12.4. The highest BCUT2D eigenvalue weighted by Crippen LogP contribution is 2.17. The average molecular weight is 278 g/mol. The molecular weight excluding hydrogens is 252 g/mol. The van der Waals surface area contributed by atoms with Crippen molar-refractivity contribution in [2.24, 2.45) is 0 Å². The molecule has 1 rings (SSSR count). The van der Waals surface area contributed by atoms with E-state index in [4.69, 9.17) is 5.11 Å². The fraction of sp³-hybridized carbons (Fsp3) is 0.562. The third kappa shape index (κ3) is 5.21. The molecule has 0 unspecified atom stereocenters. The molecule has 0 radical (unpaired) electrons. The van der Waals surface area contributed by atoms with Crippen LogP contribution in [0.15, 0.2) is 18.2 Å². The monoisotopic (exact) mass is 278 g/mol. The van der Waals surface area contributed by atoms with E-state index in [0.29, 0.717) is 11.6 Å². The standard InChI is InChI=1S/C16H26N2O2/c1-12(2)18(4)10-6-5-9-17-15-11-13(3)7-8-14(15)16(19)20/h7-8,11-12,17H,5-6,9-10H2,1-4H3,(H,19,20). The number of rotatable bonds is 8. The summed E-state index contributed by atoms with van der Waals surface area (Å²) in [5.41, 5.74) is 2.13. The Bertz CT molecular complexity index is 444. The average Bonchev–Trinajstić information content (AvgIpc) is 2.37. The van der Waals surface area contributed by atoms with Gasteiger partial charge in [-0.2, -0.15) is 0 Å². The first-order chi connectivity index (χ1) is 9.41. The molecule has 0 aromatic heterocycles. The molecule has 0 saturated carbocycles. The Hall–Kier alpha value is -1.55. The lowest BCUT2D eigenvalue weighted by molar-refractivity contribution is 0.0698. The van der Waals surface area contributed by atoms with Crippen molar-refractivity contribution in [2.75, 3.05) is 25.5 Å². The van der Waals surface area contributed by atoms with Crippen LogP contribution in [0.5, 0.6) is 0 Å². The number of carboxylic acid groups (broad SMARTS) is 1. The van der Waals surface area contributed by atoms with Crippen LogP contribution in [0.25, 0.3) is 0 Å². The Morgan fingerprint density at radius 3 is 2.65 bits per heavy atom. The maximum atomic E-state index is 11.1. The summed E-state index contributed by atoms with van der Waals surface area (Å²) in [4.78, 5) is 13.5. The zero-order valence-electron chi connectivity index (χ0n) is 12.9. The van der Waals surface area contributed by atoms with Gasteiger partial charge in [-0.1, -0.05) is 6.07 Å². The minimum Gasteiger partial charge on any atom is -0.478 e. The highest BCUT2D eigenvalue weighted by molar-refractivity contribution is 5.94. The molecule has 0 spiro atoms. The summed E-state index contributed by atoms with van der Waals surface area (Å²) < 4.78 is 0. The molecule has 0 bridgehead atoms. The summed E-state index contributed by atoms with van der Waals surface area (Å²) in [5.74, 6) is -0.882. The Kier molecular flexibility index (Phi) is 6.52. The Balaban J connectivity index is 2.42. The lowest BCUT2D eigenvalue weighted by atomic mass is 10.1. The van der Waals surface area contributed by atoms with Crippen molar-refractivity contribution in [2.45, 2.75) is 39.7 Å². The molecule has 1 aromatic carbocycles. The summed E-state index contributed by atoms with van der Waals surface area (Å²) in [6.07, 6.45) is 2.14. The normalized spacial score (nSPS) is 11.1. The second-order valence-electron chi connectivity index (χ2n) is 5.56. The quantitative estimate of drug-likeness (QED) is 0.717. The first-order valence-corrected chi connectivity index (χ1v) is 7.20. The van der Waals surface area contributed by atoms with Crippen molar-refractivity contribution in [3.05, 3.63) is 29.3 Å². The van der Waals surface area contributed by atoms with E-state index >= 15 is 0 Å². The predicted molar refractivity (Wildman–Crippen MR) is 83.6 cm³/mol. The molecular formula is C16H26N2O2. The lowest BCUT2D eigenvalue weighted by Crippen LogP contribution is -2.27. The predicted octanol–water partition coefficient (Wildman–Crippen LogP) is 3.23. The summed E-state index contributed by atoms with van der Waals surface area (Å²) in [6.45, 7) is 8.21. The van der Waals surface area contributed by atoms with Crippen LogP contribution in [0.4, 0.5) is 5.69 Å². The van der Waals surface area contributed by atoms with Crippen molar-refractivity contribution in [1.82, 2.24) is 4.90 Å². The van der Waals surface area contributed by atoms with Crippen LogP contribution in [0.3, 0.4) is 0 Å². The molecule has 2 N–H and O–H groups in total. The number of anilines is 1. The van der Waals surface area contributed by atoms with Crippen molar-refractivity contribution in [1.29, 1.82) is 0 Å². The van der Waals surface area contributed by atoms with Crippen molar-refractivity contribution < 1.29 is 9.90 Å². The SMILES string of the molecule is Cc1ccc(C(=O)O)c(NCCCCN(C)C(C)C)c1. The van der Waals surface area contributed by atoms with Gasteiger partial charge in [0.05, 0.1) is 5.56 Å². The van der Waals surface area contributed by atoms with Crippen LogP contribution < -0.4 is 5.32 Å². The number of hydrogen-bond donors (Lipinski definition) is 2. The third-order valence-electron chi connectivity index (χ3n) is 3.54. The van der Waals surface area contributed by atoms with Gasteiger partial charge in [0.25, 0.3) is 0 Å². The van der Waals surface area contributed by atoms with E-state index in [2.05, 4.69) is 31.1 Å². The largest absolute Gasteiger partial charge is 0.478 e. The zero-order valence-corrected chi connectivity index (χ0v) is 12.9. The molecule has 0 heterocycles. The van der Waals surface area contributed by atoms with E-state index in [1.165, 1.54) is 0 Å². The van der Waals surface area contributed by atoms with E-state index in [1.54, 1.807) is 6.07 Å². The second-order valence-corrected chi connectivity index (χ2v) is 5.56. The van der Waals surface area contributed by atoms with Gasteiger partial charge in [0.2, 0.25) is 0 Å². The molecule has 1 aromatic rings. The molecule has 4 nitrogen and oxygen atoms in total. The van der Waals surface area contributed by atoms with Gasteiger partial charge in [-0.25, -0.2) is 4.79 Å². The van der Waals surface area contributed by atoms with Crippen LogP contribution in [0, 0.1) is 6.92 Å². The van der Waals surface area contributed by atoms with E-state index in [-0.39, 0.29) is 0 Å². The summed E-state index contributed by atoms with van der Waals surface area (Å²) in [7, 11) is 2.13. The minimum atomic E-state index is -0.882. The van der Waals surface area contributed by atoms with E-state index in [1.807, 2.05) is 19.1 Å². The second kappa shape index (κ2) is 7.90. The Labute approximate surface area is 121 Å². The number of aromatic carboxylic acids is 1. The number of benzene rings is 1. The number of carbonyl (C=O) groups is 1. The third-order valence-corrected chi connectivity index (χ3v) is 3.54. The molecule has 0 fully saturated rings. The number of nitrogens with one attached hydrogen (secondary N) is 1. The van der Waals surface area contributed by atoms with Crippen molar-refractivity contribution in [3.8, 4) is 0 Å². The van der Waals surface area contributed by atoms with Gasteiger partial charge in [-0.3, -0.25) is 0 Å². The van der Waals surface area contributed by atoms with E-state index < -0.39 is 5.97 Å². The van der Waals surface area contributed by atoms with E-state index in [0.717, 1.165) is 37.2 Å². The van der Waals surface area contributed by atoms with Crippen LogP contribution in [0.1, 0.15) is 42.6 Å². The van der Waals surface area contributed by atoms with Gasteiger partial charge in [-0.05, 0) is 64.9 Å². The van der Waals surface area contributed by atoms with Gasteiger partial charge < -0.3 is 15.3 Å². The first-order valence-electron chi connectivity index (χ1n) is 7.20. The van der Waals surface area contributed by atoms with Crippen LogP contribution in [-0.4, -0.2) is 42.2 Å². The summed E-state index contributed by atoms with van der Waals surface area (Å²) >= 11 is 0. The first kappa shape index (κ1) is 16.5. The maximum Gasteiger partial charge on any atom is 0.337 e. The fourth-order valence-corrected chi connectivity index (χ4v) is 1.96. The smallest absolute Gasteiger partial charge is 0.337 e. The Morgan fingerprint density at radius 2 is 2.05 bits per heavy atom. The zero-order chi connectivity index (χ0) is 15.1. The van der Waals surface area contributed by atoms with E-state index in [9.17, 15) is 4.79 Å². The van der Waals surface area contributed by atoms with Gasteiger partial charge >= 0.3 is 5.97 Å². The van der Waals surface area contributed by atoms with Gasteiger partial charge in [-0.15, -0.1) is 0 Å². The molecule has 0 aliphatic carbocycles. The summed E-state index contributed by atoms with van der Waals surface area (Å²) in [6, 6.07) is 5.95. The number of carboxylic acids is 1. The number of hydrogen-bond acceptors (Lipinski definition) is 3. The molecule has 112 valence electrons. The topological polar surface area (TPSA) is 52.6 Å². The molecule has 0 aliphatic rings. The molecule has 0 aliphatic heterocycles. The minimum absolute atomic E-state index is 0.342. The number of nitrogens with zero attached hydrogens (tertiary/aromatic N) is 1. The van der Waals surface area contributed by atoms with Crippen LogP contribution in [-0.2, 0) is 0 Å². The molecule has 0 atom stereocenters. The maximum absolute atomic E-state index is 11.1. The lowest BCUT2D eigenvalue weighted by Gasteiger charge is -2.20. The molecule has 0 amide bonds. The van der Waals surface area contributed by atoms with Crippen molar-refractivity contribution in [3.63, 3.8) is 0 Å². The highest BCUT2D eigenvalue weighted by atomic mass is 16.4. The Morgan fingerprint density at radius 1 is 1.35 bits per heavy atom. The van der Waals surface area contributed by atoms with Crippen molar-refractivity contribution >= 4 is 11.7 Å². The highest BCUT2D eigenvalue weighted by Gasteiger charge is 2.09. The van der Waals surface area contributed by atoms with Gasteiger partial charge in [0.15, 0.2) is 0 Å². The number of aryl methyl sites for hydroxylation is 1. The van der Waals surface area contributed by atoms with Gasteiger partial charge in [0, 0.05) is 18.3 Å². The van der Waals surface area contributed by atoms with Gasteiger partial charge in [0.1, 0.15) is 0 Å². The van der Waals surface area contributed by atoms with Crippen LogP contribution in [0.2, 0.25) is 0 Å². The fourth-order valence-electron chi connectivity index (χ4n) is 1.96. The molecule has 0 saturated heterocycles.